The van der Waals surface area contributed by atoms with Crippen LogP contribution in [0.2, 0.25) is 0 Å². The number of rotatable bonds is 4. The normalized spacial score (nSPS) is 15.4. The quantitative estimate of drug-likeness (QED) is 0.760. The van der Waals surface area contributed by atoms with E-state index in [9.17, 15) is 4.79 Å². The van der Waals surface area contributed by atoms with E-state index in [-0.39, 0.29) is 0 Å². The van der Waals surface area contributed by atoms with Crippen LogP contribution in [0.4, 0.5) is 5.82 Å². The highest BCUT2D eigenvalue weighted by molar-refractivity contribution is 5.93. The number of nitrogens with one attached hydrogen (secondary N) is 1. The van der Waals surface area contributed by atoms with Crippen molar-refractivity contribution in [2.45, 2.75) is 18.9 Å². The average Bonchev–Trinajstić information content (AvgIpc) is 3.06. The summed E-state index contributed by atoms with van der Waals surface area (Å²) in [6.45, 7) is 1.56. The number of aromatic nitrogens is 3. The number of hydrogen-bond acceptors (Lipinski definition) is 5. The Balaban J connectivity index is 1.65. The predicted molar refractivity (Wildman–Crippen MR) is 94.4 cm³/mol. The predicted octanol–water partition coefficient (Wildman–Crippen LogP) is 2.09. The van der Waals surface area contributed by atoms with Crippen molar-refractivity contribution in [3.05, 3.63) is 48.2 Å². The number of benzene rings is 1. The Morgan fingerprint density at radius 3 is 2.64 bits per heavy atom. The molecule has 3 aromatic rings. The highest BCUT2D eigenvalue weighted by Gasteiger charge is 2.15. The molecular weight excluding hydrogens is 318 g/mol. The summed E-state index contributed by atoms with van der Waals surface area (Å²) in [5.74, 6) is 0.373. The molecule has 7 heteroatoms. The molecule has 1 aliphatic rings. The zero-order chi connectivity index (χ0) is 17.2. The SMILES string of the molecule is NC(=O)c1ccc(-c2cnc3ccc(NC4CCOCC4)nn23)cc1. The summed E-state index contributed by atoms with van der Waals surface area (Å²) in [5.41, 5.74) is 8.33. The standard InChI is InChI=1S/C18H19N5O2/c19-18(24)13-3-1-12(2-4-13)15-11-20-17-6-5-16(22-23(15)17)21-14-7-9-25-10-8-14/h1-6,11,14H,7-10H2,(H2,19,24)(H,21,22). The molecule has 1 saturated heterocycles. The van der Waals surface area contributed by atoms with E-state index in [0.29, 0.717) is 11.6 Å². The summed E-state index contributed by atoms with van der Waals surface area (Å²) in [6.07, 6.45) is 3.73. The van der Waals surface area contributed by atoms with Crippen LogP contribution in [-0.2, 0) is 4.74 Å². The Hall–Kier alpha value is -2.93. The molecule has 1 amide bonds. The van der Waals surface area contributed by atoms with Crippen LogP contribution in [0, 0.1) is 0 Å². The molecular formula is C18H19N5O2. The van der Waals surface area contributed by atoms with Crippen LogP contribution in [-0.4, -0.2) is 39.8 Å². The maximum atomic E-state index is 11.2. The van der Waals surface area contributed by atoms with Gasteiger partial charge in [-0.1, -0.05) is 12.1 Å². The minimum Gasteiger partial charge on any atom is -0.381 e. The lowest BCUT2D eigenvalue weighted by Crippen LogP contribution is -2.28. The molecule has 0 radical (unpaired) electrons. The van der Waals surface area contributed by atoms with E-state index in [4.69, 9.17) is 10.5 Å². The molecule has 1 aromatic carbocycles. The largest absolute Gasteiger partial charge is 0.381 e. The van der Waals surface area contributed by atoms with E-state index in [1.54, 1.807) is 22.8 Å². The highest BCUT2D eigenvalue weighted by atomic mass is 16.5. The summed E-state index contributed by atoms with van der Waals surface area (Å²) >= 11 is 0. The fourth-order valence-corrected chi connectivity index (χ4v) is 3.00. The molecule has 3 heterocycles. The maximum Gasteiger partial charge on any atom is 0.248 e. The van der Waals surface area contributed by atoms with E-state index in [0.717, 1.165) is 48.8 Å². The molecule has 25 heavy (non-hydrogen) atoms. The highest BCUT2D eigenvalue weighted by Crippen LogP contribution is 2.22. The van der Waals surface area contributed by atoms with Gasteiger partial charge in [0.2, 0.25) is 5.91 Å². The zero-order valence-corrected chi connectivity index (χ0v) is 13.7. The van der Waals surface area contributed by atoms with Gasteiger partial charge >= 0.3 is 0 Å². The number of anilines is 1. The first-order valence-corrected chi connectivity index (χ1v) is 8.30. The fourth-order valence-electron chi connectivity index (χ4n) is 3.00. The molecule has 1 fully saturated rings. The van der Waals surface area contributed by atoms with Gasteiger partial charge in [-0.2, -0.15) is 0 Å². The van der Waals surface area contributed by atoms with Crippen LogP contribution < -0.4 is 11.1 Å². The third kappa shape index (κ3) is 3.18. The molecule has 0 unspecified atom stereocenters. The topological polar surface area (TPSA) is 94.5 Å². The van der Waals surface area contributed by atoms with Crippen LogP contribution in [0.15, 0.2) is 42.6 Å². The lowest BCUT2D eigenvalue weighted by molar-refractivity contribution is 0.0903. The van der Waals surface area contributed by atoms with Gasteiger partial charge in [-0.25, -0.2) is 9.50 Å². The summed E-state index contributed by atoms with van der Waals surface area (Å²) in [7, 11) is 0. The second kappa shape index (κ2) is 6.52. The Labute approximate surface area is 144 Å². The Kier molecular flexibility index (Phi) is 4.07. The van der Waals surface area contributed by atoms with Gasteiger partial charge in [-0.3, -0.25) is 4.79 Å². The van der Waals surface area contributed by atoms with Crippen LogP contribution >= 0.6 is 0 Å². The van der Waals surface area contributed by atoms with Gasteiger partial charge in [-0.05, 0) is 37.1 Å². The number of hydrogen-bond donors (Lipinski definition) is 2. The number of fused-ring (bicyclic) bond motifs is 1. The van der Waals surface area contributed by atoms with E-state index in [2.05, 4.69) is 15.4 Å². The van der Waals surface area contributed by atoms with Crippen molar-refractivity contribution >= 4 is 17.4 Å². The lowest BCUT2D eigenvalue weighted by Gasteiger charge is -2.23. The molecule has 7 nitrogen and oxygen atoms in total. The monoisotopic (exact) mass is 337 g/mol. The summed E-state index contributed by atoms with van der Waals surface area (Å²) < 4.78 is 7.20. The molecule has 128 valence electrons. The number of imidazole rings is 1. The minimum absolute atomic E-state index is 0.375. The molecule has 3 N–H and O–H groups in total. The minimum atomic E-state index is -0.439. The number of ether oxygens (including phenoxy) is 1. The van der Waals surface area contributed by atoms with Crippen molar-refractivity contribution in [2.24, 2.45) is 5.73 Å². The Morgan fingerprint density at radius 1 is 1.16 bits per heavy atom. The smallest absolute Gasteiger partial charge is 0.248 e. The molecule has 0 atom stereocenters. The van der Waals surface area contributed by atoms with Crippen molar-refractivity contribution < 1.29 is 9.53 Å². The van der Waals surface area contributed by atoms with E-state index in [1.165, 1.54) is 0 Å². The van der Waals surface area contributed by atoms with E-state index < -0.39 is 5.91 Å². The molecule has 0 bridgehead atoms. The zero-order valence-electron chi connectivity index (χ0n) is 13.7. The van der Waals surface area contributed by atoms with Crippen LogP contribution in [0.25, 0.3) is 16.9 Å². The third-order valence-corrected chi connectivity index (χ3v) is 4.40. The fraction of sp³-hybridized carbons (Fsp3) is 0.278. The van der Waals surface area contributed by atoms with Gasteiger partial charge < -0.3 is 15.8 Å². The van der Waals surface area contributed by atoms with Gasteiger partial charge in [0, 0.05) is 30.4 Å². The molecule has 0 spiro atoms. The molecule has 0 aliphatic carbocycles. The first-order chi connectivity index (χ1) is 12.2. The van der Waals surface area contributed by atoms with Crippen LogP contribution in [0.1, 0.15) is 23.2 Å². The average molecular weight is 337 g/mol. The van der Waals surface area contributed by atoms with Crippen molar-refractivity contribution in [1.82, 2.24) is 14.6 Å². The van der Waals surface area contributed by atoms with Crippen molar-refractivity contribution in [3.8, 4) is 11.3 Å². The molecule has 1 aliphatic heterocycles. The first kappa shape index (κ1) is 15.6. The third-order valence-electron chi connectivity index (χ3n) is 4.40. The summed E-state index contributed by atoms with van der Waals surface area (Å²) in [5, 5.41) is 8.14. The molecule has 0 saturated carbocycles. The van der Waals surface area contributed by atoms with E-state index in [1.807, 2.05) is 24.3 Å². The lowest BCUT2D eigenvalue weighted by atomic mass is 10.1. The van der Waals surface area contributed by atoms with Crippen molar-refractivity contribution in [2.75, 3.05) is 18.5 Å². The van der Waals surface area contributed by atoms with Gasteiger partial charge in [0.15, 0.2) is 5.65 Å². The van der Waals surface area contributed by atoms with E-state index >= 15 is 0 Å². The number of nitrogens with zero attached hydrogens (tertiary/aromatic N) is 3. The Morgan fingerprint density at radius 2 is 1.92 bits per heavy atom. The first-order valence-electron chi connectivity index (χ1n) is 8.30. The van der Waals surface area contributed by atoms with Crippen LogP contribution in [0.5, 0.6) is 0 Å². The van der Waals surface area contributed by atoms with Crippen LogP contribution in [0.3, 0.4) is 0 Å². The van der Waals surface area contributed by atoms with Crippen molar-refractivity contribution in [1.29, 1.82) is 0 Å². The van der Waals surface area contributed by atoms with Crippen molar-refractivity contribution in [3.63, 3.8) is 0 Å². The van der Waals surface area contributed by atoms with Gasteiger partial charge in [0.25, 0.3) is 0 Å². The Bertz CT molecular complexity index is 897. The van der Waals surface area contributed by atoms with Gasteiger partial charge in [0.05, 0.1) is 11.9 Å². The maximum absolute atomic E-state index is 11.2. The molecule has 4 rings (SSSR count). The van der Waals surface area contributed by atoms with Gasteiger partial charge in [0.1, 0.15) is 5.82 Å². The second-order valence-electron chi connectivity index (χ2n) is 6.10. The number of carbonyl (C=O) groups excluding carboxylic acids is 1. The number of amides is 1. The summed E-state index contributed by atoms with van der Waals surface area (Å²) in [4.78, 5) is 15.6. The van der Waals surface area contributed by atoms with Gasteiger partial charge in [-0.15, -0.1) is 5.10 Å². The second-order valence-corrected chi connectivity index (χ2v) is 6.10. The summed E-state index contributed by atoms with van der Waals surface area (Å²) in [6, 6.07) is 11.4. The molecule has 2 aromatic heterocycles. The number of primary amides is 1. The number of nitrogens with two attached hydrogens (primary N) is 1. The number of carbonyl (C=O) groups is 1.